The van der Waals surface area contributed by atoms with Gasteiger partial charge in [-0.05, 0) is 35.9 Å². The van der Waals surface area contributed by atoms with Gasteiger partial charge in [0.25, 0.3) is 0 Å². The van der Waals surface area contributed by atoms with E-state index in [-0.39, 0.29) is 5.41 Å². The first-order valence-electron chi connectivity index (χ1n) is 10.7. The normalized spacial score (nSPS) is 18.1. The van der Waals surface area contributed by atoms with Gasteiger partial charge in [0.05, 0.1) is 0 Å². The van der Waals surface area contributed by atoms with Crippen molar-refractivity contribution >= 4 is 5.96 Å². The summed E-state index contributed by atoms with van der Waals surface area (Å²) in [6, 6.07) is 9.00. The number of nitrogens with one attached hydrogen (secondary N) is 2. The van der Waals surface area contributed by atoms with Crippen molar-refractivity contribution in [3.8, 4) is 0 Å². The zero-order chi connectivity index (χ0) is 20.6. The molecule has 28 heavy (non-hydrogen) atoms. The van der Waals surface area contributed by atoms with E-state index >= 15 is 0 Å². The standard InChI is InChI=1S/C23H41N5/c1-19(18-28-15-13-27(6)14-16-28)17-26-22(24-5)25-12-11-20-7-9-21(10-8-20)23(2,3)4/h7-10,19H,11-18H2,1-6H3,(H2,24,25,26). The lowest BCUT2D eigenvalue weighted by molar-refractivity contribution is 0.139. The number of hydrogen-bond donors (Lipinski definition) is 2. The first-order valence-corrected chi connectivity index (χ1v) is 10.7. The van der Waals surface area contributed by atoms with Gasteiger partial charge in [-0.25, -0.2) is 0 Å². The molecule has 1 heterocycles. The molecule has 1 aromatic carbocycles. The van der Waals surface area contributed by atoms with E-state index in [9.17, 15) is 0 Å². The van der Waals surface area contributed by atoms with Crippen molar-refractivity contribution < 1.29 is 0 Å². The largest absolute Gasteiger partial charge is 0.356 e. The third kappa shape index (κ3) is 7.80. The highest BCUT2D eigenvalue weighted by Gasteiger charge is 2.16. The van der Waals surface area contributed by atoms with Gasteiger partial charge in [0.15, 0.2) is 5.96 Å². The van der Waals surface area contributed by atoms with Crippen LogP contribution in [0.2, 0.25) is 0 Å². The molecule has 1 fully saturated rings. The minimum atomic E-state index is 0.212. The van der Waals surface area contributed by atoms with Crippen molar-refractivity contribution in [2.45, 2.75) is 39.5 Å². The van der Waals surface area contributed by atoms with Crippen molar-refractivity contribution in [3.05, 3.63) is 35.4 Å². The van der Waals surface area contributed by atoms with Gasteiger partial charge in [-0.15, -0.1) is 0 Å². The van der Waals surface area contributed by atoms with Crippen LogP contribution in [0.15, 0.2) is 29.3 Å². The van der Waals surface area contributed by atoms with Crippen LogP contribution in [0.25, 0.3) is 0 Å². The molecule has 2 N–H and O–H groups in total. The van der Waals surface area contributed by atoms with E-state index in [1.165, 1.54) is 37.3 Å². The molecule has 0 aromatic heterocycles. The van der Waals surface area contributed by atoms with Gasteiger partial charge >= 0.3 is 0 Å². The Labute approximate surface area is 172 Å². The number of nitrogens with zero attached hydrogens (tertiary/aromatic N) is 3. The average molecular weight is 388 g/mol. The fourth-order valence-electron chi connectivity index (χ4n) is 3.52. The second-order valence-corrected chi connectivity index (χ2v) is 9.29. The van der Waals surface area contributed by atoms with Crippen LogP contribution < -0.4 is 10.6 Å². The van der Waals surface area contributed by atoms with Crippen LogP contribution in [0.3, 0.4) is 0 Å². The molecule has 158 valence electrons. The zero-order valence-corrected chi connectivity index (χ0v) is 18.9. The predicted molar refractivity (Wildman–Crippen MR) is 121 cm³/mol. The average Bonchev–Trinajstić information content (AvgIpc) is 2.66. The lowest BCUT2D eigenvalue weighted by atomic mass is 9.86. The Morgan fingerprint density at radius 1 is 1.07 bits per heavy atom. The molecular formula is C23H41N5. The lowest BCUT2D eigenvalue weighted by Gasteiger charge is -2.34. The molecule has 0 spiro atoms. The summed E-state index contributed by atoms with van der Waals surface area (Å²) in [7, 11) is 4.05. The molecule has 1 aromatic rings. The van der Waals surface area contributed by atoms with Gasteiger partial charge in [-0.3, -0.25) is 4.99 Å². The Morgan fingerprint density at radius 3 is 2.29 bits per heavy atom. The molecule has 0 aliphatic carbocycles. The van der Waals surface area contributed by atoms with Crippen LogP contribution in [0.5, 0.6) is 0 Å². The third-order valence-corrected chi connectivity index (χ3v) is 5.53. The third-order valence-electron chi connectivity index (χ3n) is 5.53. The topological polar surface area (TPSA) is 42.9 Å². The van der Waals surface area contributed by atoms with E-state index in [1.54, 1.807) is 0 Å². The van der Waals surface area contributed by atoms with Crippen LogP contribution in [-0.2, 0) is 11.8 Å². The van der Waals surface area contributed by atoms with Crippen molar-refractivity contribution in [1.29, 1.82) is 0 Å². The van der Waals surface area contributed by atoms with E-state index in [2.05, 4.69) is 84.4 Å². The van der Waals surface area contributed by atoms with Crippen molar-refractivity contribution in [1.82, 2.24) is 20.4 Å². The Morgan fingerprint density at radius 2 is 1.71 bits per heavy atom. The maximum absolute atomic E-state index is 4.37. The Hall–Kier alpha value is -1.59. The lowest BCUT2D eigenvalue weighted by Crippen LogP contribution is -2.47. The minimum absolute atomic E-state index is 0.212. The number of aliphatic imine (C=N–C) groups is 1. The van der Waals surface area contributed by atoms with Gasteiger partial charge in [0, 0.05) is 52.9 Å². The molecule has 1 unspecified atom stereocenters. The first kappa shape index (κ1) is 22.7. The molecule has 5 heteroatoms. The fourth-order valence-corrected chi connectivity index (χ4v) is 3.52. The second-order valence-electron chi connectivity index (χ2n) is 9.29. The number of guanidine groups is 1. The van der Waals surface area contributed by atoms with E-state index in [0.717, 1.165) is 32.0 Å². The van der Waals surface area contributed by atoms with Crippen LogP contribution in [0.1, 0.15) is 38.8 Å². The summed E-state index contributed by atoms with van der Waals surface area (Å²) in [5, 5.41) is 6.93. The van der Waals surface area contributed by atoms with E-state index < -0.39 is 0 Å². The smallest absolute Gasteiger partial charge is 0.190 e. The SMILES string of the molecule is CN=C(NCCc1ccc(C(C)(C)C)cc1)NCC(C)CN1CCN(C)CC1. The number of hydrogen-bond acceptors (Lipinski definition) is 3. The molecule has 0 bridgehead atoms. The van der Waals surface area contributed by atoms with Crippen LogP contribution in [0, 0.1) is 5.92 Å². The summed E-state index contributed by atoms with van der Waals surface area (Å²) in [5.74, 6) is 1.50. The number of piperazine rings is 1. The number of benzene rings is 1. The van der Waals surface area contributed by atoms with Crippen LogP contribution >= 0.6 is 0 Å². The summed E-state index contributed by atoms with van der Waals surface area (Å²) in [4.78, 5) is 9.35. The quantitative estimate of drug-likeness (QED) is 0.557. The molecule has 0 radical (unpaired) electrons. The zero-order valence-electron chi connectivity index (χ0n) is 18.9. The van der Waals surface area contributed by atoms with Gasteiger partial charge in [0.1, 0.15) is 0 Å². The summed E-state index contributed by atoms with van der Waals surface area (Å²) in [6.07, 6.45) is 1.00. The molecule has 1 atom stereocenters. The molecule has 1 aliphatic rings. The Kier molecular flexibility index (Phi) is 8.77. The minimum Gasteiger partial charge on any atom is -0.356 e. The Bertz CT molecular complexity index is 594. The van der Waals surface area contributed by atoms with E-state index in [4.69, 9.17) is 0 Å². The van der Waals surface area contributed by atoms with E-state index in [1.807, 2.05) is 7.05 Å². The van der Waals surface area contributed by atoms with E-state index in [0.29, 0.717) is 5.92 Å². The molecular weight excluding hydrogens is 346 g/mol. The maximum atomic E-state index is 4.37. The highest BCUT2D eigenvalue weighted by Crippen LogP contribution is 2.22. The van der Waals surface area contributed by atoms with Gasteiger partial charge in [0.2, 0.25) is 0 Å². The number of likely N-dealkylation sites (N-methyl/N-ethyl adjacent to an activating group) is 1. The molecule has 2 rings (SSSR count). The highest BCUT2D eigenvalue weighted by molar-refractivity contribution is 5.79. The van der Waals surface area contributed by atoms with Crippen molar-refractivity contribution in [3.63, 3.8) is 0 Å². The predicted octanol–water partition coefficient (Wildman–Crippen LogP) is 2.58. The highest BCUT2D eigenvalue weighted by atomic mass is 15.2. The van der Waals surface area contributed by atoms with Crippen LogP contribution in [-0.4, -0.2) is 75.7 Å². The molecule has 5 nitrogen and oxygen atoms in total. The number of rotatable bonds is 7. The molecule has 0 amide bonds. The first-order chi connectivity index (χ1) is 13.3. The van der Waals surface area contributed by atoms with Crippen molar-refractivity contribution in [2.75, 3.05) is 59.9 Å². The summed E-state index contributed by atoms with van der Waals surface area (Å²) in [5.41, 5.74) is 2.96. The molecule has 1 saturated heterocycles. The van der Waals surface area contributed by atoms with Crippen LogP contribution in [0.4, 0.5) is 0 Å². The van der Waals surface area contributed by atoms with Gasteiger partial charge in [-0.2, -0.15) is 0 Å². The summed E-state index contributed by atoms with van der Waals surface area (Å²) < 4.78 is 0. The summed E-state index contributed by atoms with van der Waals surface area (Å²) in [6.45, 7) is 16.8. The van der Waals surface area contributed by atoms with Gasteiger partial charge < -0.3 is 20.4 Å². The molecule has 0 saturated carbocycles. The summed E-state index contributed by atoms with van der Waals surface area (Å²) >= 11 is 0. The fraction of sp³-hybridized carbons (Fsp3) is 0.696. The monoisotopic (exact) mass is 387 g/mol. The van der Waals surface area contributed by atoms with Gasteiger partial charge in [-0.1, -0.05) is 52.0 Å². The Balaban J connectivity index is 1.67. The maximum Gasteiger partial charge on any atom is 0.190 e. The van der Waals surface area contributed by atoms with Crippen molar-refractivity contribution in [2.24, 2.45) is 10.9 Å². The molecule has 1 aliphatic heterocycles. The second kappa shape index (κ2) is 10.8.